The van der Waals surface area contributed by atoms with Gasteiger partial charge in [0.05, 0.1) is 17.8 Å². The zero-order valence-electron chi connectivity index (χ0n) is 11.8. The summed E-state index contributed by atoms with van der Waals surface area (Å²) in [6, 6.07) is 0. The van der Waals surface area contributed by atoms with Crippen LogP contribution in [-0.4, -0.2) is 25.2 Å². The third-order valence-electron chi connectivity index (χ3n) is 3.43. The van der Waals surface area contributed by atoms with Crippen LogP contribution in [0.2, 0.25) is 0 Å². The van der Waals surface area contributed by atoms with E-state index < -0.39 is 0 Å². The van der Waals surface area contributed by atoms with E-state index in [2.05, 4.69) is 39.9 Å². The van der Waals surface area contributed by atoms with Crippen LogP contribution in [0.5, 0.6) is 0 Å². The molecule has 1 heterocycles. The van der Waals surface area contributed by atoms with E-state index in [4.69, 9.17) is 9.72 Å². The van der Waals surface area contributed by atoms with E-state index in [1.54, 1.807) is 18.4 Å². The Morgan fingerprint density at radius 3 is 2.47 bits per heavy atom. The second-order valence-electron chi connectivity index (χ2n) is 4.94. The molecule has 1 aromatic rings. The molecular weight excluding hydrogens is 232 g/mol. The van der Waals surface area contributed by atoms with E-state index in [0.29, 0.717) is 5.92 Å². The zero-order chi connectivity index (χ0) is 13.1. The molecule has 17 heavy (non-hydrogen) atoms. The predicted octanol–water partition coefficient (Wildman–Crippen LogP) is 2.87. The van der Waals surface area contributed by atoms with Crippen LogP contribution in [0.1, 0.15) is 36.3 Å². The van der Waals surface area contributed by atoms with Crippen LogP contribution in [0.4, 0.5) is 0 Å². The molecule has 4 heteroatoms. The lowest BCUT2D eigenvalue weighted by Crippen LogP contribution is -2.45. The van der Waals surface area contributed by atoms with E-state index >= 15 is 0 Å². The van der Waals surface area contributed by atoms with E-state index in [1.165, 1.54) is 9.88 Å². The number of aromatic nitrogens is 1. The highest BCUT2D eigenvalue weighted by molar-refractivity contribution is 7.11. The summed E-state index contributed by atoms with van der Waals surface area (Å²) in [5.41, 5.74) is 1.08. The number of rotatable bonds is 6. The summed E-state index contributed by atoms with van der Waals surface area (Å²) in [4.78, 5) is 6.00. The number of ether oxygens (including phenoxy) is 1. The fourth-order valence-corrected chi connectivity index (χ4v) is 2.82. The molecule has 0 spiro atoms. The number of thiazole rings is 1. The lowest BCUT2D eigenvalue weighted by atomic mass is 9.89. The Labute approximate surface area is 109 Å². The third-order valence-corrected chi connectivity index (χ3v) is 4.74. The lowest BCUT2D eigenvalue weighted by Gasteiger charge is -2.33. The SMILES string of the molecule is COCCNC(C)(c1nc(C)c(C)s1)C(C)C. The first-order chi connectivity index (χ1) is 7.91. The molecule has 3 nitrogen and oxygen atoms in total. The van der Waals surface area contributed by atoms with Crippen molar-refractivity contribution >= 4 is 11.3 Å². The van der Waals surface area contributed by atoms with Crippen LogP contribution in [0.15, 0.2) is 0 Å². The zero-order valence-corrected chi connectivity index (χ0v) is 12.6. The fraction of sp³-hybridized carbons (Fsp3) is 0.769. The summed E-state index contributed by atoms with van der Waals surface area (Å²) >= 11 is 1.79. The largest absolute Gasteiger partial charge is 0.383 e. The van der Waals surface area contributed by atoms with Gasteiger partial charge in [-0.25, -0.2) is 4.98 Å². The van der Waals surface area contributed by atoms with Gasteiger partial charge in [0.1, 0.15) is 5.01 Å². The Hall–Kier alpha value is -0.450. The standard InChI is InChI=1S/C13H24N2OS/c1-9(2)13(5,14-7-8-16-6)12-15-10(3)11(4)17-12/h9,14H,7-8H2,1-6H3. The van der Waals surface area contributed by atoms with Crippen molar-refractivity contribution in [3.05, 3.63) is 15.6 Å². The van der Waals surface area contributed by atoms with Gasteiger partial charge in [0.15, 0.2) is 0 Å². The summed E-state index contributed by atoms with van der Waals surface area (Å²) in [5, 5.41) is 4.76. The van der Waals surface area contributed by atoms with Gasteiger partial charge in [-0.3, -0.25) is 0 Å². The molecule has 0 aliphatic rings. The minimum Gasteiger partial charge on any atom is -0.383 e. The average molecular weight is 256 g/mol. The van der Waals surface area contributed by atoms with Crippen LogP contribution in [0.3, 0.4) is 0 Å². The van der Waals surface area contributed by atoms with Crippen LogP contribution in [0.25, 0.3) is 0 Å². The molecule has 1 atom stereocenters. The molecule has 0 fully saturated rings. The molecule has 0 amide bonds. The van der Waals surface area contributed by atoms with Crippen LogP contribution in [-0.2, 0) is 10.3 Å². The van der Waals surface area contributed by atoms with Gasteiger partial charge in [0, 0.05) is 18.5 Å². The Morgan fingerprint density at radius 2 is 2.06 bits per heavy atom. The van der Waals surface area contributed by atoms with Crippen molar-refractivity contribution in [2.45, 2.75) is 40.2 Å². The highest BCUT2D eigenvalue weighted by atomic mass is 32.1. The van der Waals surface area contributed by atoms with Gasteiger partial charge in [0.25, 0.3) is 0 Å². The smallest absolute Gasteiger partial charge is 0.113 e. The Bertz CT molecular complexity index is 343. The third kappa shape index (κ3) is 3.27. The first-order valence-electron chi connectivity index (χ1n) is 6.10. The van der Waals surface area contributed by atoms with Crippen LogP contribution >= 0.6 is 11.3 Å². The number of nitrogens with one attached hydrogen (secondary N) is 1. The Balaban J connectivity index is 2.90. The number of hydrogen-bond donors (Lipinski definition) is 1. The molecule has 1 aromatic heterocycles. The topological polar surface area (TPSA) is 34.1 Å². The maximum atomic E-state index is 5.10. The average Bonchev–Trinajstić information content (AvgIpc) is 2.59. The Kier molecular flexibility index (Phi) is 5.10. The van der Waals surface area contributed by atoms with Crippen LogP contribution in [0, 0.1) is 19.8 Å². The van der Waals surface area contributed by atoms with Gasteiger partial charge in [0.2, 0.25) is 0 Å². The molecule has 0 aliphatic carbocycles. The van der Waals surface area contributed by atoms with Crippen molar-refractivity contribution in [3.8, 4) is 0 Å². The van der Waals surface area contributed by atoms with Gasteiger partial charge in [-0.15, -0.1) is 11.3 Å². The van der Waals surface area contributed by atoms with E-state index in [9.17, 15) is 0 Å². The number of nitrogens with zero attached hydrogens (tertiary/aromatic N) is 1. The molecular formula is C13H24N2OS. The minimum absolute atomic E-state index is 0.0672. The molecule has 0 aromatic carbocycles. The van der Waals surface area contributed by atoms with Crippen molar-refractivity contribution in [2.24, 2.45) is 5.92 Å². The molecule has 1 rings (SSSR count). The van der Waals surface area contributed by atoms with Gasteiger partial charge in [-0.1, -0.05) is 13.8 Å². The summed E-state index contributed by atoms with van der Waals surface area (Å²) in [6.07, 6.45) is 0. The molecule has 0 saturated carbocycles. The lowest BCUT2D eigenvalue weighted by molar-refractivity contribution is 0.173. The van der Waals surface area contributed by atoms with Gasteiger partial charge >= 0.3 is 0 Å². The van der Waals surface area contributed by atoms with Crippen LogP contribution < -0.4 is 5.32 Å². The van der Waals surface area contributed by atoms with E-state index in [0.717, 1.165) is 18.8 Å². The van der Waals surface area contributed by atoms with Crippen molar-refractivity contribution in [3.63, 3.8) is 0 Å². The fourth-order valence-electron chi connectivity index (χ4n) is 1.63. The maximum absolute atomic E-state index is 5.10. The highest BCUT2D eigenvalue weighted by Crippen LogP contribution is 2.33. The van der Waals surface area contributed by atoms with Crippen molar-refractivity contribution < 1.29 is 4.74 Å². The van der Waals surface area contributed by atoms with Gasteiger partial charge < -0.3 is 10.1 Å². The Morgan fingerprint density at radius 1 is 1.41 bits per heavy atom. The summed E-state index contributed by atoms with van der Waals surface area (Å²) in [7, 11) is 1.73. The minimum atomic E-state index is -0.0672. The second kappa shape index (κ2) is 5.94. The second-order valence-corrected chi connectivity index (χ2v) is 6.14. The van der Waals surface area contributed by atoms with E-state index in [-0.39, 0.29) is 5.54 Å². The van der Waals surface area contributed by atoms with Gasteiger partial charge in [-0.05, 0) is 26.7 Å². The van der Waals surface area contributed by atoms with Crippen molar-refractivity contribution in [1.29, 1.82) is 0 Å². The summed E-state index contributed by atoms with van der Waals surface area (Å²) in [5.74, 6) is 0.490. The quantitative estimate of drug-likeness (QED) is 0.795. The summed E-state index contributed by atoms with van der Waals surface area (Å²) < 4.78 is 5.10. The first-order valence-corrected chi connectivity index (χ1v) is 6.92. The maximum Gasteiger partial charge on any atom is 0.113 e. The predicted molar refractivity (Wildman–Crippen MR) is 73.7 cm³/mol. The normalized spacial score (nSPS) is 15.2. The number of hydrogen-bond acceptors (Lipinski definition) is 4. The number of methoxy groups -OCH3 is 1. The number of aryl methyl sites for hydroxylation is 2. The van der Waals surface area contributed by atoms with Gasteiger partial charge in [-0.2, -0.15) is 0 Å². The van der Waals surface area contributed by atoms with E-state index in [1.807, 2.05) is 0 Å². The highest BCUT2D eigenvalue weighted by Gasteiger charge is 2.33. The molecule has 1 unspecified atom stereocenters. The molecule has 0 radical (unpaired) electrons. The molecule has 0 saturated heterocycles. The monoisotopic (exact) mass is 256 g/mol. The molecule has 0 aliphatic heterocycles. The molecule has 1 N–H and O–H groups in total. The van der Waals surface area contributed by atoms with Crippen molar-refractivity contribution in [1.82, 2.24) is 10.3 Å². The first kappa shape index (κ1) is 14.6. The molecule has 0 bridgehead atoms. The summed E-state index contributed by atoms with van der Waals surface area (Å²) in [6.45, 7) is 12.5. The van der Waals surface area contributed by atoms with Crippen molar-refractivity contribution in [2.75, 3.05) is 20.3 Å². The molecule has 98 valence electrons.